The lowest BCUT2D eigenvalue weighted by atomic mass is 10.1. The van der Waals surface area contributed by atoms with Crippen LogP contribution in [0.2, 0.25) is 0 Å². The Balaban J connectivity index is 1.58. The maximum absolute atomic E-state index is 12.5. The number of para-hydroxylation sites is 1. The molecule has 0 unspecified atom stereocenters. The van der Waals surface area contributed by atoms with Crippen molar-refractivity contribution in [3.63, 3.8) is 0 Å². The molecular weight excluding hydrogens is 400 g/mol. The van der Waals surface area contributed by atoms with Gasteiger partial charge in [-0.05, 0) is 37.1 Å². The fourth-order valence-corrected chi connectivity index (χ4v) is 3.66. The molecule has 0 spiro atoms. The summed E-state index contributed by atoms with van der Waals surface area (Å²) in [5.41, 5.74) is 3.19. The summed E-state index contributed by atoms with van der Waals surface area (Å²) in [6, 6.07) is 10.7. The monoisotopic (exact) mass is 426 g/mol. The number of esters is 1. The number of benzene rings is 2. The van der Waals surface area contributed by atoms with Gasteiger partial charge < -0.3 is 24.4 Å². The van der Waals surface area contributed by atoms with E-state index in [1.165, 1.54) is 14.2 Å². The van der Waals surface area contributed by atoms with Crippen molar-refractivity contribution in [2.75, 3.05) is 37.6 Å². The van der Waals surface area contributed by atoms with Crippen LogP contribution < -0.4 is 19.7 Å². The van der Waals surface area contributed by atoms with Crippen molar-refractivity contribution in [2.45, 2.75) is 20.3 Å². The summed E-state index contributed by atoms with van der Waals surface area (Å²) in [5, 5.41) is 2.64. The lowest BCUT2D eigenvalue weighted by molar-refractivity contribution is -0.151. The summed E-state index contributed by atoms with van der Waals surface area (Å²) < 4.78 is 15.5. The Hall–Kier alpha value is -3.55. The molecule has 1 saturated heterocycles. The van der Waals surface area contributed by atoms with Crippen LogP contribution in [0.5, 0.6) is 11.5 Å². The zero-order valence-corrected chi connectivity index (χ0v) is 18.1. The Morgan fingerprint density at radius 2 is 1.81 bits per heavy atom. The first kappa shape index (κ1) is 22.1. The molecule has 8 heteroatoms. The largest absolute Gasteiger partial charge is 0.497 e. The molecule has 0 saturated carbocycles. The molecule has 0 aliphatic carbocycles. The Labute approximate surface area is 181 Å². The van der Waals surface area contributed by atoms with Crippen molar-refractivity contribution < 1.29 is 28.6 Å². The van der Waals surface area contributed by atoms with E-state index in [0.717, 1.165) is 16.8 Å². The molecule has 0 aromatic heterocycles. The van der Waals surface area contributed by atoms with E-state index in [1.54, 1.807) is 23.1 Å². The molecule has 2 aromatic carbocycles. The van der Waals surface area contributed by atoms with Gasteiger partial charge in [0.1, 0.15) is 11.5 Å². The Morgan fingerprint density at radius 1 is 1.10 bits per heavy atom. The smallest absolute Gasteiger partial charge is 0.311 e. The molecule has 1 heterocycles. The molecule has 1 atom stereocenters. The lowest BCUT2D eigenvalue weighted by Crippen LogP contribution is -2.29. The van der Waals surface area contributed by atoms with Gasteiger partial charge in [0.25, 0.3) is 5.91 Å². The number of methoxy groups -OCH3 is 2. The number of nitrogens with zero attached hydrogens (tertiary/aromatic N) is 1. The summed E-state index contributed by atoms with van der Waals surface area (Å²) in [6.07, 6.45) is 0.0561. The lowest BCUT2D eigenvalue weighted by Gasteiger charge is -2.21. The zero-order valence-electron chi connectivity index (χ0n) is 18.1. The summed E-state index contributed by atoms with van der Waals surface area (Å²) in [5.74, 6) is -0.821. The van der Waals surface area contributed by atoms with Crippen molar-refractivity contribution in [3.05, 3.63) is 47.5 Å². The van der Waals surface area contributed by atoms with Crippen molar-refractivity contribution in [3.8, 4) is 11.5 Å². The predicted octanol–water partition coefficient (Wildman–Crippen LogP) is 2.86. The van der Waals surface area contributed by atoms with E-state index in [-0.39, 0.29) is 18.9 Å². The van der Waals surface area contributed by atoms with Gasteiger partial charge in [-0.2, -0.15) is 0 Å². The first-order valence-electron chi connectivity index (χ1n) is 9.89. The zero-order chi connectivity index (χ0) is 22.5. The molecule has 164 valence electrons. The van der Waals surface area contributed by atoms with Crippen LogP contribution in [0.1, 0.15) is 17.5 Å². The second-order valence-electron chi connectivity index (χ2n) is 7.37. The van der Waals surface area contributed by atoms with Crippen LogP contribution in [0.15, 0.2) is 36.4 Å². The quantitative estimate of drug-likeness (QED) is 0.685. The third-order valence-electron chi connectivity index (χ3n) is 5.20. The molecule has 1 N–H and O–H groups in total. The molecule has 2 aromatic rings. The average Bonchev–Trinajstić information content (AvgIpc) is 3.13. The van der Waals surface area contributed by atoms with Crippen LogP contribution in [-0.4, -0.2) is 45.2 Å². The van der Waals surface area contributed by atoms with Gasteiger partial charge in [0, 0.05) is 24.7 Å². The van der Waals surface area contributed by atoms with Crippen LogP contribution in [0.25, 0.3) is 0 Å². The van der Waals surface area contributed by atoms with E-state index in [0.29, 0.717) is 17.2 Å². The molecule has 1 aliphatic heterocycles. The minimum absolute atomic E-state index is 0.0561. The SMILES string of the molecule is COc1ccc(NC(=O)COC(=O)[C@H]2CC(=O)N(c3c(C)cccc3C)C2)c(OC)c1. The maximum atomic E-state index is 12.5. The third-order valence-corrected chi connectivity index (χ3v) is 5.20. The minimum atomic E-state index is -0.616. The standard InChI is InChI=1S/C23H26N2O6/c1-14-6-5-7-15(2)22(14)25-12-16(10-21(25)27)23(28)31-13-20(26)24-18-9-8-17(29-3)11-19(18)30-4/h5-9,11,16H,10,12-13H2,1-4H3,(H,24,26)/t16-/m0/s1. The first-order valence-corrected chi connectivity index (χ1v) is 9.89. The van der Waals surface area contributed by atoms with E-state index in [1.807, 2.05) is 32.0 Å². The van der Waals surface area contributed by atoms with Crippen LogP contribution in [0.3, 0.4) is 0 Å². The van der Waals surface area contributed by atoms with Crippen molar-refractivity contribution in [1.82, 2.24) is 0 Å². The number of nitrogens with one attached hydrogen (secondary N) is 1. The molecule has 1 fully saturated rings. The van der Waals surface area contributed by atoms with Gasteiger partial charge in [-0.15, -0.1) is 0 Å². The molecule has 1 aliphatic rings. The number of hydrogen-bond acceptors (Lipinski definition) is 6. The highest BCUT2D eigenvalue weighted by Gasteiger charge is 2.37. The molecule has 2 amide bonds. The highest BCUT2D eigenvalue weighted by molar-refractivity contribution is 6.01. The summed E-state index contributed by atoms with van der Waals surface area (Å²) in [4.78, 5) is 38.9. The molecular formula is C23H26N2O6. The number of carbonyl (C=O) groups excluding carboxylic acids is 3. The number of rotatable bonds is 7. The average molecular weight is 426 g/mol. The number of amides is 2. The maximum Gasteiger partial charge on any atom is 0.311 e. The number of aryl methyl sites for hydroxylation is 2. The number of carbonyl (C=O) groups is 3. The highest BCUT2D eigenvalue weighted by Crippen LogP contribution is 2.31. The summed E-state index contributed by atoms with van der Waals surface area (Å²) in [7, 11) is 3.01. The van der Waals surface area contributed by atoms with E-state index in [4.69, 9.17) is 14.2 Å². The molecule has 3 rings (SSSR count). The van der Waals surface area contributed by atoms with E-state index < -0.39 is 24.4 Å². The fourth-order valence-electron chi connectivity index (χ4n) is 3.66. The van der Waals surface area contributed by atoms with Gasteiger partial charge in [-0.3, -0.25) is 14.4 Å². The van der Waals surface area contributed by atoms with Crippen molar-refractivity contribution >= 4 is 29.2 Å². The van der Waals surface area contributed by atoms with Crippen LogP contribution in [-0.2, 0) is 19.1 Å². The Kier molecular flexibility index (Phi) is 6.79. The van der Waals surface area contributed by atoms with Crippen LogP contribution in [0, 0.1) is 19.8 Å². The van der Waals surface area contributed by atoms with Crippen molar-refractivity contribution in [2.24, 2.45) is 5.92 Å². The van der Waals surface area contributed by atoms with Crippen LogP contribution >= 0.6 is 0 Å². The first-order chi connectivity index (χ1) is 14.8. The van der Waals surface area contributed by atoms with Gasteiger partial charge in [0.2, 0.25) is 5.91 Å². The Morgan fingerprint density at radius 3 is 2.45 bits per heavy atom. The summed E-state index contributed by atoms with van der Waals surface area (Å²) in [6.45, 7) is 3.64. The van der Waals surface area contributed by atoms with Gasteiger partial charge in [-0.25, -0.2) is 0 Å². The molecule has 8 nitrogen and oxygen atoms in total. The normalized spacial score (nSPS) is 15.5. The molecule has 0 bridgehead atoms. The second kappa shape index (κ2) is 9.51. The van der Waals surface area contributed by atoms with E-state index in [9.17, 15) is 14.4 Å². The predicted molar refractivity (Wildman–Crippen MR) is 116 cm³/mol. The van der Waals surface area contributed by atoms with Gasteiger partial charge in [0.15, 0.2) is 6.61 Å². The minimum Gasteiger partial charge on any atom is -0.497 e. The second-order valence-corrected chi connectivity index (χ2v) is 7.37. The van der Waals surface area contributed by atoms with Gasteiger partial charge in [0.05, 0.1) is 25.8 Å². The number of anilines is 2. The van der Waals surface area contributed by atoms with Gasteiger partial charge >= 0.3 is 5.97 Å². The topological polar surface area (TPSA) is 94.2 Å². The number of hydrogen-bond donors (Lipinski definition) is 1. The molecule has 0 radical (unpaired) electrons. The molecule has 31 heavy (non-hydrogen) atoms. The van der Waals surface area contributed by atoms with Crippen LogP contribution in [0.4, 0.5) is 11.4 Å². The highest BCUT2D eigenvalue weighted by atomic mass is 16.5. The third kappa shape index (κ3) is 4.96. The van der Waals surface area contributed by atoms with E-state index in [2.05, 4.69) is 5.32 Å². The fraction of sp³-hybridized carbons (Fsp3) is 0.348. The van der Waals surface area contributed by atoms with Gasteiger partial charge in [-0.1, -0.05) is 18.2 Å². The van der Waals surface area contributed by atoms with Crippen molar-refractivity contribution in [1.29, 1.82) is 0 Å². The van der Waals surface area contributed by atoms with E-state index >= 15 is 0 Å². The number of ether oxygens (including phenoxy) is 3. The Bertz CT molecular complexity index is 983. The summed E-state index contributed by atoms with van der Waals surface area (Å²) >= 11 is 0.